The largest absolute Gasteiger partial charge is 0.352 e. The van der Waals surface area contributed by atoms with Gasteiger partial charge >= 0.3 is 0 Å². The minimum absolute atomic E-state index is 0.0295. The average Bonchev–Trinajstić information content (AvgIpc) is 4.34. The summed E-state index contributed by atoms with van der Waals surface area (Å²) in [7, 11) is 0. The van der Waals surface area contributed by atoms with Crippen LogP contribution in [0.1, 0.15) is 158 Å². The highest BCUT2D eigenvalue weighted by Gasteiger charge is 2.33. The van der Waals surface area contributed by atoms with Gasteiger partial charge in [0.1, 0.15) is 0 Å². The van der Waals surface area contributed by atoms with Crippen molar-refractivity contribution in [3.63, 3.8) is 0 Å². The predicted molar refractivity (Wildman–Crippen MR) is 319 cm³/mol. The second-order valence-electron chi connectivity index (χ2n) is 24.1. The van der Waals surface area contributed by atoms with Crippen molar-refractivity contribution in [2.24, 2.45) is 23.5 Å². The van der Waals surface area contributed by atoms with Gasteiger partial charge in [0.15, 0.2) is 0 Å². The Kier molecular flexibility index (Phi) is 27.0. The first-order valence-electron chi connectivity index (χ1n) is 30.4. The third kappa shape index (κ3) is 23.7. The Morgan fingerprint density at radius 1 is 0.622 bits per heavy atom. The standard InChI is InChI=1S/C62H94N10O9S/c1-43(2)31-52-36-72(61(80)33-48-18-19-48)41-55(74)66-51(17-11-12-29-63)35-70(59(78)27-23-47-15-9-6-10-16-47)40-57(76)68-53-32-44(3)64-54(73)38-71(37-53)60(79)28-30-82-42-49-20-24-50(25-21-49)62(81)65-45(4)34-69(39-56(75)67-52)58(77)26-22-46-13-7-5-8-14-46/h5,7-8,13-14,20-21,24-25,43-45,47-48,51-53H,6,9-12,15-19,22-23,26-42,63H2,1-4H3,(H,64,73)(H,65,81)(H,66,74)(H,67,75)(H,68,76)/t44?,45-,51-,52-,53-/m0/s1. The van der Waals surface area contributed by atoms with Crippen molar-refractivity contribution >= 4 is 64.9 Å². The fourth-order valence-electron chi connectivity index (χ4n) is 11.5. The van der Waals surface area contributed by atoms with E-state index in [9.17, 15) is 43.2 Å². The normalized spacial score (nSPS) is 23.5. The van der Waals surface area contributed by atoms with E-state index in [1.165, 1.54) is 37.8 Å². The second-order valence-corrected chi connectivity index (χ2v) is 25.2. The van der Waals surface area contributed by atoms with E-state index >= 15 is 0 Å². The molecule has 3 fully saturated rings. The molecule has 2 aliphatic carbocycles. The van der Waals surface area contributed by atoms with Crippen LogP contribution in [0.15, 0.2) is 54.6 Å². The summed E-state index contributed by atoms with van der Waals surface area (Å²) in [5.74, 6) is -1.17. The van der Waals surface area contributed by atoms with Crippen LogP contribution in [0.4, 0.5) is 0 Å². The molecule has 2 aromatic carbocycles. The Hall–Kier alpha value is -6.02. The number of hydrogen-bond acceptors (Lipinski definition) is 11. The minimum atomic E-state index is -0.606. The van der Waals surface area contributed by atoms with Crippen LogP contribution in [0.5, 0.6) is 0 Å². The lowest BCUT2D eigenvalue weighted by molar-refractivity contribution is -0.139. The SMILES string of the molecule is CC(C)C[C@H]1CN(C(=O)CC2CC2)CC(=O)N[C@@H](CCCCN)CN(C(=O)CCC2CCCCC2)CC(=O)N[C@H]2CC(C)NC(=O)CN(C2)C(=O)CCSCc2ccc(cc2)C(=O)N[C@@H](C)CN(C(=O)CCc2ccccc2)CC(=O)N1. The average molecular weight is 1160 g/mol. The number of hydrogen-bond donors (Lipinski definition) is 6. The van der Waals surface area contributed by atoms with E-state index < -0.39 is 41.9 Å². The van der Waals surface area contributed by atoms with Crippen molar-refractivity contribution in [3.8, 4) is 0 Å². The number of thioether (sulfide) groups is 1. The molecular weight excluding hydrogens is 1060 g/mol. The number of fused-ring (bicyclic) bond motifs is 25. The number of carbonyl (C=O) groups is 9. The van der Waals surface area contributed by atoms with Crippen LogP contribution in [0.3, 0.4) is 0 Å². The summed E-state index contributed by atoms with van der Waals surface area (Å²) in [6, 6.07) is 14.2. The van der Waals surface area contributed by atoms with Crippen LogP contribution in [0, 0.1) is 17.8 Å². The van der Waals surface area contributed by atoms with Gasteiger partial charge in [-0.3, -0.25) is 43.2 Å². The lowest BCUT2D eigenvalue weighted by Gasteiger charge is -2.34. The highest BCUT2D eigenvalue weighted by molar-refractivity contribution is 7.98. The Balaban J connectivity index is 1.29. The molecule has 452 valence electrons. The minimum Gasteiger partial charge on any atom is -0.352 e. The van der Waals surface area contributed by atoms with Crippen molar-refractivity contribution in [2.45, 2.75) is 179 Å². The van der Waals surface area contributed by atoms with Crippen molar-refractivity contribution in [1.82, 2.24) is 46.2 Å². The fourth-order valence-corrected chi connectivity index (χ4v) is 12.4. The number of unbranched alkanes of at least 4 members (excludes halogenated alkanes) is 1. The first kappa shape index (κ1) is 65.1. The number of nitrogens with zero attached hydrogens (tertiary/aromatic N) is 4. The molecule has 7 N–H and O–H groups in total. The monoisotopic (exact) mass is 1150 g/mol. The molecule has 9 amide bonds. The molecule has 5 aliphatic rings. The summed E-state index contributed by atoms with van der Waals surface area (Å²) in [6.07, 6.45) is 11.8. The van der Waals surface area contributed by atoms with Crippen molar-refractivity contribution in [2.75, 3.05) is 64.7 Å². The maximum atomic E-state index is 14.5. The van der Waals surface area contributed by atoms with E-state index in [1.54, 1.807) is 19.1 Å². The molecule has 0 spiro atoms. The molecule has 2 aromatic rings. The second kappa shape index (κ2) is 33.9. The lowest BCUT2D eigenvalue weighted by Crippen LogP contribution is -2.56. The molecule has 20 heteroatoms. The highest BCUT2D eigenvalue weighted by atomic mass is 32.2. The van der Waals surface area contributed by atoms with Gasteiger partial charge in [-0.2, -0.15) is 11.8 Å². The molecule has 1 saturated heterocycles. The zero-order valence-corrected chi connectivity index (χ0v) is 50.1. The third-order valence-electron chi connectivity index (χ3n) is 15.9. The van der Waals surface area contributed by atoms with E-state index in [1.807, 2.05) is 63.2 Å². The molecular formula is C62H94N10O9S. The number of amides is 9. The van der Waals surface area contributed by atoms with Gasteiger partial charge in [0, 0.05) is 99.1 Å². The van der Waals surface area contributed by atoms with Gasteiger partial charge in [0.2, 0.25) is 47.3 Å². The van der Waals surface area contributed by atoms with Gasteiger partial charge in [-0.15, -0.1) is 0 Å². The summed E-state index contributed by atoms with van der Waals surface area (Å²) in [6.45, 7) is 7.21. The molecule has 2 saturated carbocycles. The lowest BCUT2D eigenvalue weighted by atomic mass is 9.86. The van der Waals surface area contributed by atoms with Crippen LogP contribution < -0.4 is 32.3 Å². The molecule has 0 aromatic heterocycles. The van der Waals surface area contributed by atoms with E-state index in [0.29, 0.717) is 74.5 Å². The summed E-state index contributed by atoms with van der Waals surface area (Å²) in [4.78, 5) is 132. The van der Waals surface area contributed by atoms with Crippen LogP contribution in [0.2, 0.25) is 0 Å². The van der Waals surface area contributed by atoms with E-state index in [2.05, 4.69) is 26.6 Å². The maximum absolute atomic E-state index is 14.5. The summed E-state index contributed by atoms with van der Waals surface area (Å²) < 4.78 is 0. The van der Waals surface area contributed by atoms with Crippen LogP contribution in [-0.2, 0) is 50.5 Å². The van der Waals surface area contributed by atoms with E-state index in [4.69, 9.17) is 5.73 Å². The van der Waals surface area contributed by atoms with Gasteiger partial charge in [0.25, 0.3) is 5.91 Å². The molecule has 3 aliphatic heterocycles. The summed E-state index contributed by atoms with van der Waals surface area (Å²) in [5, 5.41) is 15.3. The first-order valence-corrected chi connectivity index (χ1v) is 31.5. The zero-order chi connectivity index (χ0) is 59.0. The quantitative estimate of drug-likeness (QED) is 0.107. The predicted octanol–water partition coefficient (Wildman–Crippen LogP) is 5.09. The summed E-state index contributed by atoms with van der Waals surface area (Å²) in [5.41, 5.74) is 8.28. The number of carbonyl (C=O) groups excluding carboxylic acids is 9. The molecule has 0 radical (unpaired) electrons. The summed E-state index contributed by atoms with van der Waals surface area (Å²) >= 11 is 1.54. The number of aryl methyl sites for hydroxylation is 1. The molecule has 1 unspecified atom stereocenters. The first-order chi connectivity index (χ1) is 39.4. The third-order valence-corrected chi connectivity index (χ3v) is 16.9. The molecule has 3 heterocycles. The Morgan fingerprint density at radius 3 is 1.91 bits per heavy atom. The molecule has 4 bridgehead atoms. The van der Waals surface area contributed by atoms with E-state index in [0.717, 1.165) is 49.7 Å². The van der Waals surface area contributed by atoms with Crippen LogP contribution in [-0.4, -0.2) is 168 Å². The van der Waals surface area contributed by atoms with Crippen molar-refractivity contribution < 1.29 is 43.2 Å². The number of rotatable bonds is 14. The van der Waals surface area contributed by atoms with Crippen molar-refractivity contribution in [3.05, 3.63) is 71.3 Å². The molecule has 82 heavy (non-hydrogen) atoms. The van der Waals surface area contributed by atoms with Crippen LogP contribution >= 0.6 is 11.8 Å². The smallest absolute Gasteiger partial charge is 0.251 e. The number of benzene rings is 2. The maximum Gasteiger partial charge on any atom is 0.251 e. The topological polar surface area (TPSA) is 253 Å². The van der Waals surface area contributed by atoms with Gasteiger partial charge in [-0.25, -0.2) is 0 Å². The van der Waals surface area contributed by atoms with Crippen molar-refractivity contribution in [1.29, 1.82) is 0 Å². The van der Waals surface area contributed by atoms with Crippen LogP contribution in [0.25, 0.3) is 0 Å². The van der Waals surface area contributed by atoms with Gasteiger partial charge in [0.05, 0.1) is 26.2 Å². The Morgan fingerprint density at radius 2 is 1.24 bits per heavy atom. The van der Waals surface area contributed by atoms with Gasteiger partial charge < -0.3 is 51.9 Å². The molecule has 5 atom stereocenters. The Labute approximate surface area is 490 Å². The fraction of sp³-hybridized carbons (Fsp3) is 0.661. The molecule has 7 rings (SSSR count). The van der Waals surface area contributed by atoms with E-state index in [-0.39, 0.29) is 131 Å². The zero-order valence-electron chi connectivity index (χ0n) is 49.3. The highest BCUT2D eigenvalue weighted by Crippen LogP contribution is 2.33. The Bertz CT molecular complexity index is 2420. The van der Waals surface area contributed by atoms with Gasteiger partial charge in [-0.1, -0.05) is 94.8 Å². The number of nitrogens with two attached hydrogens (primary N) is 1. The number of nitrogens with one attached hydrogen (secondary N) is 5. The molecule has 19 nitrogen and oxygen atoms in total. The van der Waals surface area contributed by atoms with Gasteiger partial charge in [-0.05, 0) is 113 Å².